The molecule has 2 rings (SSSR count). The lowest BCUT2D eigenvalue weighted by Crippen LogP contribution is -2.44. The van der Waals surface area contributed by atoms with Gasteiger partial charge in [0.1, 0.15) is 5.82 Å². The minimum Gasteiger partial charge on any atom is -0.314 e. The molecule has 1 aromatic rings. The molecule has 1 heterocycles. The van der Waals surface area contributed by atoms with E-state index in [1.54, 1.807) is 12.1 Å². The van der Waals surface area contributed by atoms with E-state index in [9.17, 15) is 4.39 Å². The van der Waals surface area contributed by atoms with Crippen LogP contribution in [-0.2, 0) is 0 Å². The number of hydrogen-bond donors (Lipinski definition) is 1. The van der Waals surface area contributed by atoms with E-state index in [4.69, 9.17) is 0 Å². The van der Waals surface area contributed by atoms with Gasteiger partial charge < -0.3 is 5.32 Å². The summed E-state index contributed by atoms with van der Waals surface area (Å²) in [6, 6.07) is 5.43. The fraction of sp³-hybridized carbons (Fsp3) is 0.500. The average molecular weight is 208 g/mol. The smallest absolute Gasteiger partial charge is 0.123 e. The van der Waals surface area contributed by atoms with Gasteiger partial charge in [0.15, 0.2) is 0 Å². The molecule has 1 atom stereocenters. The zero-order valence-corrected chi connectivity index (χ0v) is 9.26. The summed E-state index contributed by atoms with van der Waals surface area (Å²) in [5.74, 6) is -0.150. The van der Waals surface area contributed by atoms with Gasteiger partial charge in [-0.05, 0) is 37.2 Å². The van der Waals surface area contributed by atoms with E-state index in [-0.39, 0.29) is 5.82 Å². The van der Waals surface area contributed by atoms with Gasteiger partial charge in [0, 0.05) is 25.7 Å². The molecule has 0 spiro atoms. The third-order valence-electron chi connectivity index (χ3n) is 3.10. The Morgan fingerprint density at radius 3 is 2.93 bits per heavy atom. The van der Waals surface area contributed by atoms with Crippen molar-refractivity contribution in [2.45, 2.75) is 13.0 Å². The highest BCUT2D eigenvalue weighted by molar-refractivity contribution is 5.30. The molecule has 1 aliphatic rings. The maximum atomic E-state index is 13.0. The lowest BCUT2D eigenvalue weighted by atomic mass is 9.99. The van der Waals surface area contributed by atoms with Crippen LogP contribution in [0.1, 0.15) is 17.2 Å². The van der Waals surface area contributed by atoms with Crippen LogP contribution in [0, 0.1) is 12.7 Å². The second kappa shape index (κ2) is 4.29. The third-order valence-corrected chi connectivity index (χ3v) is 3.10. The first-order valence-electron chi connectivity index (χ1n) is 5.35. The summed E-state index contributed by atoms with van der Waals surface area (Å²) in [6.07, 6.45) is 0. The standard InChI is InChI=1S/C12H17FN2/c1-9-7-10(13)3-4-11(9)12-8-14-5-6-15(12)2/h3-4,7,12,14H,5-6,8H2,1-2H3. The van der Waals surface area contributed by atoms with Crippen LogP contribution in [0.3, 0.4) is 0 Å². The average Bonchev–Trinajstić information content (AvgIpc) is 2.20. The number of likely N-dealkylation sites (N-methyl/N-ethyl adjacent to an activating group) is 1. The van der Waals surface area contributed by atoms with Gasteiger partial charge in [-0.25, -0.2) is 4.39 Å². The number of hydrogen-bond acceptors (Lipinski definition) is 2. The summed E-state index contributed by atoms with van der Waals surface area (Å²) in [4.78, 5) is 2.32. The van der Waals surface area contributed by atoms with Crippen molar-refractivity contribution in [1.82, 2.24) is 10.2 Å². The molecule has 1 aromatic carbocycles. The Balaban J connectivity index is 2.27. The monoisotopic (exact) mass is 208 g/mol. The minimum atomic E-state index is -0.150. The lowest BCUT2D eigenvalue weighted by Gasteiger charge is -2.34. The third kappa shape index (κ3) is 2.19. The van der Waals surface area contributed by atoms with Crippen LogP contribution in [0.25, 0.3) is 0 Å². The highest BCUT2D eigenvalue weighted by atomic mass is 19.1. The first-order chi connectivity index (χ1) is 7.18. The minimum absolute atomic E-state index is 0.150. The van der Waals surface area contributed by atoms with Crippen molar-refractivity contribution in [2.75, 3.05) is 26.7 Å². The summed E-state index contributed by atoms with van der Waals surface area (Å²) in [7, 11) is 2.12. The van der Waals surface area contributed by atoms with Gasteiger partial charge in [-0.3, -0.25) is 4.90 Å². The first-order valence-corrected chi connectivity index (χ1v) is 5.35. The fourth-order valence-corrected chi connectivity index (χ4v) is 2.17. The maximum Gasteiger partial charge on any atom is 0.123 e. The van der Waals surface area contributed by atoms with Crippen molar-refractivity contribution >= 4 is 0 Å². The lowest BCUT2D eigenvalue weighted by molar-refractivity contribution is 0.201. The number of rotatable bonds is 1. The van der Waals surface area contributed by atoms with Crippen molar-refractivity contribution in [1.29, 1.82) is 0 Å². The van der Waals surface area contributed by atoms with Gasteiger partial charge in [0.2, 0.25) is 0 Å². The van der Waals surface area contributed by atoms with Crippen LogP contribution >= 0.6 is 0 Å². The summed E-state index contributed by atoms with van der Waals surface area (Å²) in [5.41, 5.74) is 2.27. The van der Waals surface area contributed by atoms with Gasteiger partial charge in [-0.2, -0.15) is 0 Å². The van der Waals surface area contributed by atoms with Gasteiger partial charge in [0.05, 0.1) is 0 Å². The maximum absolute atomic E-state index is 13.0. The number of benzene rings is 1. The zero-order chi connectivity index (χ0) is 10.8. The van der Waals surface area contributed by atoms with Crippen LogP contribution < -0.4 is 5.32 Å². The van der Waals surface area contributed by atoms with E-state index in [0.29, 0.717) is 6.04 Å². The highest BCUT2D eigenvalue weighted by Crippen LogP contribution is 2.24. The second-order valence-electron chi connectivity index (χ2n) is 4.20. The Morgan fingerprint density at radius 1 is 1.47 bits per heavy atom. The van der Waals surface area contributed by atoms with Crippen LogP contribution in [0.15, 0.2) is 18.2 Å². The molecule has 1 unspecified atom stereocenters. The SMILES string of the molecule is Cc1cc(F)ccc1C1CNCCN1C. The molecular formula is C12H17FN2. The fourth-order valence-electron chi connectivity index (χ4n) is 2.17. The summed E-state index contributed by atoms with van der Waals surface area (Å²) < 4.78 is 13.0. The van der Waals surface area contributed by atoms with E-state index in [2.05, 4.69) is 17.3 Å². The molecule has 1 fully saturated rings. The second-order valence-corrected chi connectivity index (χ2v) is 4.20. The molecule has 0 aliphatic carbocycles. The van der Waals surface area contributed by atoms with E-state index in [1.165, 1.54) is 5.56 Å². The molecule has 0 saturated carbocycles. The quantitative estimate of drug-likeness (QED) is 0.756. The van der Waals surface area contributed by atoms with E-state index >= 15 is 0 Å². The molecule has 0 radical (unpaired) electrons. The predicted molar refractivity (Wildman–Crippen MR) is 59.4 cm³/mol. The number of nitrogens with zero attached hydrogens (tertiary/aromatic N) is 1. The molecule has 1 N–H and O–H groups in total. The molecule has 15 heavy (non-hydrogen) atoms. The molecule has 0 aromatic heterocycles. The predicted octanol–water partition coefficient (Wildman–Crippen LogP) is 1.71. The van der Waals surface area contributed by atoms with Crippen LogP contribution in [0.4, 0.5) is 4.39 Å². The summed E-state index contributed by atoms with van der Waals surface area (Å²) >= 11 is 0. The van der Waals surface area contributed by atoms with Crippen molar-refractivity contribution in [3.05, 3.63) is 35.1 Å². The molecular weight excluding hydrogens is 191 g/mol. The van der Waals surface area contributed by atoms with Crippen LogP contribution in [0.2, 0.25) is 0 Å². The summed E-state index contributed by atoms with van der Waals surface area (Å²) in [6.45, 7) is 5.00. The van der Waals surface area contributed by atoms with Crippen molar-refractivity contribution in [3.8, 4) is 0 Å². The first kappa shape index (κ1) is 10.6. The van der Waals surface area contributed by atoms with Crippen LogP contribution in [0.5, 0.6) is 0 Å². The molecule has 0 amide bonds. The molecule has 0 bridgehead atoms. The Labute approximate surface area is 90.1 Å². The molecule has 3 heteroatoms. The van der Waals surface area contributed by atoms with Crippen molar-refractivity contribution < 1.29 is 4.39 Å². The molecule has 2 nitrogen and oxygen atoms in total. The number of nitrogens with one attached hydrogen (secondary N) is 1. The van der Waals surface area contributed by atoms with Crippen LogP contribution in [-0.4, -0.2) is 31.6 Å². The number of piperazine rings is 1. The Morgan fingerprint density at radius 2 is 2.27 bits per heavy atom. The topological polar surface area (TPSA) is 15.3 Å². The van der Waals surface area contributed by atoms with Gasteiger partial charge >= 0.3 is 0 Å². The highest BCUT2D eigenvalue weighted by Gasteiger charge is 2.21. The van der Waals surface area contributed by atoms with E-state index in [0.717, 1.165) is 25.2 Å². The Hall–Kier alpha value is -0.930. The molecule has 1 saturated heterocycles. The van der Waals surface area contributed by atoms with E-state index in [1.807, 2.05) is 13.0 Å². The normalized spacial score (nSPS) is 23.0. The Bertz CT molecular complexity index is 351. The number of aryl methyl sites for hydroxylation is 1. The van der Waals surface area contributed by atoms with Crippen molar-refractivity contribution in [2.24, 2.45) is 0 Å². The van der Waals surface area contributed by atoms with Gasteiger partial charge in [-0.15, -0.1) is 0 Å². The van der Waals surface area contributed by atoms with Gasteiger partial charge in [-0.1, -0.05) is 6.07 Å². The Kier molecular flexibility index (Phi) is 3.03. The zero-order valence-electron chi connectivity index (χ0n) is 9.26. The van der Waals surface area contributed by atoms with Gasteiger partial charge in [0.25, 0.3) is 0 Å². The molecule has 82 valence electrons. The van der Waals surface area contributed by atoms with E-state index < -0.39 is 0 Å². The van der Waals surface area contributed by atoms with Crippen molar-refractivity contribution in [3.63, 3.8) is 0 Å². The molecule has 1 aliphatic heterocycles. The number of halogens is 1. The summed E-state index contributed by atoms with van der Waals surface area (Å²) in [5, 5.41) is 3.37. The largest absolute Gasteiger partial charge is 0.314 e.